The highest BCUT2D eigenvalue weighted by Gasteiger charge is 2.22. The molecule has 4 aromatic rings. The third kappa shape index (κ3) is 3.93. The van der Waals surface area contributed by atoms with Gasteiger partial charge in [0.25, 0.3) is 5.56 Å². The van der Waals surface area contributed by atoms with E-state index < -0.39 is 11.8 Å². The van der Waals surface area contributed by atoms with Crippen LogP contribution >= 0.6 is 0 Å². The summed E-state index contributed by atoms with van der Waals surface area (Å²) in [6.45, 7) is 3.28. The van der Waals surface area contributed by atoms with Crippen LogP contribution in [0.25, 0.3) is 16.8 Å². The molecule has 5 rings (SSSR count). The number of hydrogen-bond donors (Lipinski definition) is 0. The van der Waals surface area contributed by atoms with Gasteiger partial charge in [0.15, 0.2) is 11.5 Å². The zero-order chi connectivity index (χ0) is 23.1. The van der Waals surface area contributed by atoms with Gasteiger partial charge in [0.05, 0.1) is 18.5 Å². The van der Waals surface area contributed by atoms with Gasteiger partial charge in [-0.15, -0.1) is 5.10 Å². The minimum atomic E-state index is -0.755. The molecule has 8 nitrogen and oxygen atoms in total. The van der Waals surface area contributed by atoms with Crippen LogP contribution in [0.2, 0.25) is 0 Å². The lowest BCUT2D eigenvalue weighted by Crippen LogP contribution is -2.33. The molecule has 0 aliphatic carbocycles. The maximum atomic E-state index is 14.2. The molecule has 1 aliphatic rings. The number of aromatic nitrogens is 5. The molecule has 0 radical (unpaired) electrons. The Labute approximate surface area is 187 Å². The zero-order valence-electron chi connectivity index (χ0n) is 18.0. The minimum Gasteiger partial charge on any atom is -0.378 e. The summed E-state index contributed by atoms with van der Waals surface area (Å²) in [5, 5.41) is 4.57. The SMILES string of the molecule is COCc1cc(=O)n2nc(N3CCc4ncc(-c5cc(F)ncc5F)cc4C3)c(C)cc2n1. The summed E-state index contributed by atoms with van der Waals surface area (Å²) in [5.41, 5.74) is 3.94. The molecule has 0 atom stereocenters. The van der Waals surface area contributed by atoms with Gasteiger partial charge in [-0.1, -0.05) is 0 Å². The van der Waals surface area contributed by atoms with Gasteiger partial charge in [0.1, 0.15) is 5.82 Å². The molecule has 0 fully saturated rings. The van der Waals surface area contributed by atoms with E-state index in [9.17, 15) is 13.6 Å². The lowest BCUT2D eigenvalue weighted by molar-refractivity contribution is 0.181. The first-order valence-electron chi connectivity index (χ1n) is 10.4. The maximum Gasteiger partial charge on any atom is 0.274 e. The van der Waals surface area contributed by atoms with Crippen LogP contribution in [0.3, 0.4) is 0 Å². The highest BCUT2D eigenvalue weighted by Crippen LogP contribution is 2.29. The standard InChI is InChI=1S/C23H20F2N6O2/c1-13-5-21-28-16(12-33-2)7-22(32)31(21)29-23(13)30-4-3-19-15(11-30)6-14(9-26-19)17-8-20(25)27-10-18(17)24/h5-10H,3-4,11-12H2,1-2H3. The van der Waals surface area contributed by atoms with E-state index in [4.69, 9.17) is 4.74 Å². The second kappa shape index (κ2) is 8.28. The van der Waals surface area contributed by atoms with Crippen molar-refractivity contribution in [1.29, 1.82) is 0 Å². The Bertz CT molecular complexity index is 1440. The molecule has 33 heavy (non-hydrogen) atoms. The number of hydrogen-bond acceptors (Lipinski definition) is 7. The van der Waals surface area contributed by atoms with Crippen LogP contribution in [-0.2, 0) is 24.3 Å². The van der Waals surface area contributed by atoms with E-state index in [2.05, 4.69) is 20.1 Å². The molecular formula is C23H20F2N6O2. The lowest BCUT2D eigenvalue weighted by Gasteiger charge is -2.30. The van der Waals surface area contributed by atoms with E-state index >= 15 is 0 Å². The predicted molar refractivity (Wildman–Crippen MR) is 117 cm³/mol. The van der Waals surface area contributed by atoms with Crippen molar-refractivity contribution in [2.24, 2.45) is 0 Å². The smallest absolute Gasteiger partial charge is 0.274 e. The van der Waals surface area contributed by atoms with Crippen LogP contribution < -0.4 is 10.5 Å². The maximum absolute atomic E-state index is 14.2. The fourth-order valence-electron chi connectivity index (χ4n) is 4.09. The normalized spacial score (nSPS) is 13.4. The molecule has 5 heterocycles. The summed E-state index contributed by atoms with van der Waals surface area (Å²) < 4.78 is 34.2. The fraction of sp³-hybridized carbons (Fsp3) is 0.261. The Balaban J connectivity index is 1.51. The molecule has 10 heteroatoms. The second-order valence-electron chi connectivity index (χ2n) is 7.93. The van der Waals surface area contributed by atoms with Crippen molar-refractivity contribution in [3.63, 3.8) is 0 Å². The van der Waals surface area contributed by atoms with Crippen LogP contribution in [-0.4, -0.2) is 38.2 Å². The van der Waals surface area contributed by atoms with Gasteiger partial charge in [0, 0.05) is 61.8 Å². The van der Waals surface area contributed by atoms with Gasteiger partial charge in [-0.2, -0.15) is 8.91 Å². The third-order valence-corrected chi connectivity index (χ3v) is 5.63. The molecule has 0 amide bonds. The van der Waals surface area contributed by atoms with Gasteiger partial charge in [-0.25, -0.2) is 14.4 Å². The van der Waals surface area contributed by atoms with Gasteiger partial charge in [-0.3, -0.25) is 9.78 Å². The van der Waals surface area contributed by atoms with Gasteiger partial charge >= 0.3 is 0 Å². The number of pyridine rings is 2. The topological polar surface area (TPSA) is 85.5 Å². The molecule has 0 N–H and O–H groups in total. The number of fused-ring (bicyclic) bond motifs is 2. The molecular weight excluding hydrogens is 430 g/mol. The van der Waals surface area contributed by atoms with Gasteiger partial charge < -0.3 is 9.64 Å². The largest absolute Gasteiger partial charge is 0.378 e. The summed E-state index contributed by atoms with van der Waals surface area (Å²) in [6.07, 6.45) is 3.07. The number of halogens is 2. The highest BCUT2D eigenvalue weighted by atomic mass is 19.1. The van der Waals surface area contributed by atoms with Crippen LogP contribution in [0.4, 0.5) is 14.6 Å². The Kier molecular flexibility index (Phi) is 5.29. The molecule has 1 aliphatic heterocycles. The number of nitrogens with zero attached hydrogens (tertiary/aromatic N) is 6. The van der Waals surface area contributed by atoms with E-state index in [1.807, 2.05) is 24.0 Å². The first-order chi connectivity index (χ1) is 15.9. The molecule has 0 unspecified atom stereocenters. The minimum absolute atomic E-state index is 0.111. The van der Waals surface area contributed by atoms with Crippen molar-refractivity contribution in [1.82, 2.24) is 24.6 Å². The van der Waals surface area contributed by atoms with E-state index in [0.29, 0.717) is 42.2 Å². The Morgan fingerprint density at radius 3 is 2.79 bits per heavy atom. The lowest BCUT2D eigenvalue weighted by atomic mass is 10.0. The quantitative estimate of drug-likeness (QED) is 0.442. The van der Waals surface area contributed by atoms with E-state index in [-0.39, 0.29) is 17.7 Å². The summed E-state index contributed by atoms with van der Waals surface area (Å²) >= 11 is 0. The van der Waals surface area contributed by atoms with Crippen molar-refractivity contribution in [3.8, 4) is 11.1 Å². The molecule has 0 aromatic carbocycles. The number of ether oxygens (including phenoxy) is 1. The monoisotopic (exact) mass is 450 g/mol. The molecule has 0 saturated carbocycles. The van der Waals surface area contributed by atoms with Crippen molar-refractivity contribution in [2.75, 3.05) is 18.6 Å². The fourth-order valence-corrected chi connectivity index (χ4v) is 4.09. The number of rotatable bonds is 4. The second-order valence-corrected chi connectivity index (χ2v) is 7.93. The highest BCUT2D eigenvalue weighted by molar-refractivity contribution is 5.64. The summed E-state index contributed by atoms with van der Waals surface area (Å²) in [5.74, 6) is -0.713. The Morgan fingerprint density at radius 2 is 1.97 bits per heavy atom. The van der Waals surface area contributed by atoms with E-state index in [1.165, 1.54) is 10.6 Å². The van der Waals surface area contributed by atoms with Crippen molar-refractivity contribution < 1.29 is 13.5 Å². The van der Waals surface area contributed by atoms with Crippen LogP contribution in [0.5, 0.6) is 0 Å². The van der Waals surface area contributed by atoms with E-state index in [1.54, 1.807) is 13.3 Å². The zero-order valence-corrected chi connectivity index (χ0v) is 18.0. The molecule has 0 saturated heterocycles. The van der Waals surface area contributed by atoms with Crippen LogP contribution in [0.1, 0.15) is 22.5 Å². The predicted octanol–water partition coefficient (Wildman–Crippen LogP) is 2.84. The Hall–Kier alpha value is -3.79. The third-order valence-electron chi connectivity index (χ3n) is 5.63. The first kappa shape index (κ1) is 21.1. The summed E-state index contributed by atoms with van der Waals surface area (Å²) in [6, 6.07) is 6.11. The summed E-state index contributed by atoms with van der Waals surface area (Å²) in [7, 11) is 1.55. The van der Waals surface area contributed by atoms with Crippen molar-refractivity contribution >= 4 is 11.5 Å². The van der Waals surface area contributed by atoms with Crippen LogP contribution in [0.15, 0.2) is 41.5 Å². The van der Waals surface area contributed by atoms with Gasteiger partial charge in [0.2, 0.25) is 5.95 Å². The van der Waals surface area contributed by atoms with Gasteiger partial charge in [-0.05, 0) is 30.2 Å². The molecule has 4 aromatic heterocycles. The molecule has 0 bridgehead atoms. The number of aryl methyl sites for hydroxylation is 1. The molecule has 168 valence electrons. The first-order valence-corrected chi connectivity index (χ1v) is 10.4. The number of methoxy groups -OCH3 is 1. The average molecular weight is 450 g/mol. The average Bonchev–Trinajstić information content (AvgIpc) is 2.80. The number of anilines is 1. The van der Waals surface area contributed by atoms with Crippen molar-refractivity contribution in [2.45, 2.75) is 26.5 Å². The summed E-state index contributed by atoms with van der Waals surface area (Å²) in [4.78, 5) is 26.9. The molecule has 0 spiro atoms. The van der Waals surface area contributed by atoms with E-state index in [0.717, 1.165) is 29.1 Å². The Morgan fingerprint density at radius 1 is 1.12 bits per heavy atom. The van der Waals surface area contributed by atoms with Crippen molar-refractivity contribution in [3.05, 3.63) is 81.3 Å². The van der Waals surface area contributed by atoms with Crippen LogP contribution in [0, 0.1) is 18.7 Å².